The van der Waals surface area contributed by atoms with E-state index in [9.17, 15) is 5.11 Å². The van der Waals surface area contributed by atoms with Crippen molar-refractivity contribution < 1.29 is 5.11 Å². The van der Waals surface area contributed by atoms with E-state index < -0.39 is 0 Å². The lowest BCUT2D eigenvalue weighted by molar-refractivity contribution is 0.0375. The van der Waals surface area contributed by atoms with E-state index in [1.165, 1.54) is 18.4 Å². The molecule has 1 fully saturated rings. The molecule has 2 rings (SSSR count). The van der Waals surface area contributed by atoms with Crippen molar-refractivity contribution in [3.8, 4) is 0 Å². The average molecular weight is 166 g/mol. The molecule has 2 aliphatic rings. The molecule has 2 aliphatic carbocycles. The maximum atomic E-state index is 9.84. The largest absolute Gasteiger partial charge is 0.393 e. The zero-order valence-electron chi connectivity index (χ0n) is 8.01. The molecule has 0 aromatic heterocycles. The summed E-state index contributed by atoms with van der Waals surface area (Å²) >= 11 is 0. The van der Waals surface area contributed by atoms with Gasteiger partial charge < -0.3 is 5.11 Å². The van der Waals surface area contributed by atoms with Crippen LogP contribution in [0.3, 0.4) is 0 Å². The van der Waals surface area contributed by atoms with Gasteiger partial charge in [-0.2, -0.15) is 0 Å². The van der Waals surface area contributed by atoms with Gasteiger partial charge in [-0.25, -0.2) is 0 Å². The van der Waals surface area contributed by atoms with Gasteiger partial charge in [0, 0.05) is 5.41 Å². The maximum absolute atomic E-state index is 9.84. The van der Waals surface area contributed by atoms with Crippen LogP contribution in [-0.4, -0.2) is 11.2 Å². The van der Waals surface area contributed by atoms with Crippen molar-refractivity contribution in [1.29, 1.82) is 0 Å². The Balaban J connectivity index is 2.24. The molecule has 0 aromatic carbocycles. The third-order valence-corrected chi connectivity index (χ3v) is 3.94. The molecule has 0 radical (unpaired) electrons. The Kier molecular flexibility index (Phi) is 1.80. The number of hydrogen-bond donors (Lipinski definition) is 1. The topological polar surface area (TPSA) is 20.2 Å². The van der Waals surface area contributed by atoms with Crippen LogP contribution >= 0.6 is 0 Å². The van der Waals surface area contributed by atoms with Crippen LogP contribution in [0.5, 0.6) is 0 Å². The summed E-state index contributed by atoms with van der Waals surface area (Å²) in [6.45, 7) is 4.46. The van der Waals surface area contributed by atoms with Gasteiger partial charge in [-0.15, -0.1) is 0 Å². The van der Waals surface area contributed by atoms with Crippen LogP contribution < -0.4 is 0 Å². The monoisotopic (exact) mass is 166 g/mol. The minimum Gasteiger partial charge on any atom is -0.393 e. The van der Waals surface area contributed by atoms with E-state index in [0.717, 1.165) is 18.8 Å². The van der Waals surface area contributed by atoms with E-state index in [1.54, 1.807) is 0 Å². The van der Waals surface area contributed by atoms with Gasteiger partial charge in [0.15, 0.2) is 0 Å². The van der Waals surface area contributed by atoms with Gasteiger partial charge in [-0.05, 0) is 38.5 Å². The van der Waals surface area contributed by atoms with E-state index in [-0.39, 0.29) is 11.5 Å². The summed E-state index contributed by atoms with van der Waals surface area (Å²) in [6.07, 6.45) is 6.81. The molecule has 1 heteroatoms. The highest BCUT2D eigenvalue weighted by molar-refractivity contribution is 5.13. The lowest BCUT2D eigenvalue weighted by Gasteiger charge is -2.37. The minimum absolute atomic E-state index is 0.0492. The maximum Gasteiger partial charge on any atom is 0.0599 e. The molecule has 12 heavy (non-hydrogen) atoms. The van der Waals surface area contributed by atoms with Gasteiger partial charge in [-0.3, -0.25) is 0 Å². The predicted octanol–water partition coefficient (Wildman–Crippen LogP) is 2.50. The first-order chi connectivity index (χ1) is 5.63. The zero-order valence-corrected chi connectivity index (χ0v) is 8.01. The van der Waals surface area contributed by atoms with E-state index in [2.05, 4.69) is 19.9 Å². The Morgan fingerprint density at radius 2 is 2.25 bits per heavy atom. The van der Waals surface area contributed by atoms with Crippen molar-refractivity contribution in [3.05, 3.63) is 11.6 Å². The summed E-state index contributed by atoms with van der Waals surface area (Å²) in [5, 5.41) is 9.84. The fraction of sp³-hybridized carbons (Fsp3) is 0.818. The third kappa shape index (κ3) is 1.03. The molecule has 0 bridgehead atoms. The highest BCUT2D eigenvalue weighted by atomic mass is 16.3. The molecule has 0 saturated heterocycles. The van der Waals surface area contributed by atoms with Crippen LogP contribution in [-0.2, 0) is 0 Å². The van der Waals surface area contributed by atoms with E-state index in [0.29, 0.717) is 0 Å². The van der Waals surface area contributed by atoms with Crippen molar-refractivity contribution in [3.63, 3.8) is 0 Å². The number of allylic oxidation sites excluding steroid dienone is 2. The quantitative estimate of drug-likeness (QED) is 0.548. The summed E-state index contributed by atoms with van der Waals surface area (Å²) in [4.78, 5) is 0. The molecule has 68 valence electrons. The first kappa shape index (κ1) is 8.31. The second-order valence-electron chi connectivity index (χ2n) is 4.75. The second kappa shape index (κ2) is 2.59. The molecule has 1 nitrogen and oxygen atoms in total. The summed E-state index contributed by atoms with van der Waals surface area (Å²) in [7, 11) is 0. The summed E-state index contributed by atoms with van der Waals surface area (Å²) in [6, 6.07) is 0. The Morgan fingerprint density at radius 1 is 1.50 bits per heavy atom. The molecule has 1 saturated carbocycles. The smallest absolute Gasteiger partial charge is 0.0599 e. The molecule has 0 amide bonds. The predicted molar refractivity (Wildman–Crippen MR) is 49.8 cm³/mol. The van der Waals surface area contributed by atoms with Gasteiger partial charge >= 0.3 is 0 Å². The summed E-state index contributed by atoms with van der Waals surface area (Å²) in [5.74, 6) is 0.748. The highest BCUT2D eigenvalue weighted by Gasteiger charge is 2.46. The van der Waals surface area contributed by atoms with Crippen molar-refractivity contribution in [1.82, 2.24) is 0 Å². The molecule has 0 aliphatic heterocycles. The van der Waals surface area contributed by atoms with Crippen molar-refractivity contribution in [2.75, 3.05) is 0 Å². The Bertz CT molecular complexity index is 219. The molecule has 0 aromatic rings. The third-order valence-electron chi connectivity index (χ3n) is 3.94. The summed E-state index contributed by atoms with van der Waals surface area (Å²) in [5.41, 5.74) is 1.73. The molecule has 3 unspecified atom stereocenters. The second-order valence-corrected chi connectivity index (χ2v) is 4.75. The first-order valence-electron chi connectivity index (χ1n) is 4.96. The average Bonchev–Trinajstić information content (AvgIpc) is 2.31. The van der Waals surface area contributed by atoms with Gasteiger partial charge in [-0.1, -0.05) is 18.6 Å². The molecule has 0 heterocycles. The number of fused-ring (bicyclic) bond motifs is 1. The number of aliphatic hydroxyl groups is 1. The zero-order chi connectivity index (χ0) is 8.77. The van der Waals surface area contributed by atoms with Crippen molar-refractivity contribution in [2.45, 2.75) is 45.6 Å². The SMILES string of the molecule is CC1=CCC2(C)C(O)CCC2C1. The molecule has 1 N–H and O–H groups in total. The Hall–Kier alpha value is -0.300. The molecular formula is C11H18O. The van der Waals surface area contributed by atoms with Gasteiger partial charge in [0.1, 0.15) is 0 Å². The molecule has 3 atom stereocenters. The van der Waals surface area contributed by atoms with Crippen molar-refractivity contribution in [2.24, 2.45) is 11.3 Å². The lowest BCUT2D eigenvalue weighted by Crippen LogP contribution is -2.34. The van der Waals surface area contributed by atoms with Crippen LogP contribution in [0.2, 0.25) is 0 Å². The van der Waals surface area contributed by atoms with Crippen LogP contribution in [0.15, 0.2) is 11.6 Å². The molecule has 0 spiro atoms. The number of aliphatic hydroxyl groups excluding tert-OH is 1. The fourth-order valence-electron chi connectivity index (χ4n) is 2.79. The highest BCUT2D eigenvalue weighted by Crippen LogP contribution is 2.51. The van der Waals surface area contributed by atoms with Gasteiger partial charge in [0.2, 0.25) is 0 Å². The molecular weight excluding hydrogens is 148 g/mol. The Labute approximate surface area is 74.5 Å². The van der Waals surface area contributed by atoms with Gasteiger partial charge in [0.25, 0.3) is 0 Å². The lowest BCUT2D eigenvalue weighted by atomic mass is 9.69. The fourth-order valence-corrected chi connectivity index (χ4v) is 2.79. The van der Waals surface area contributed by atoms with Crippen molar-refractivity contribution >= 4 is 0 Å². The van der Waals surface area contributed by atoms with E-state index in [1.807, 2.05) is 0 Å². The summed E-state index contributed by atoms with van der Waals surface area (Å²) < 4.78 is 0. The van der Waals surface area contributed by atoms with E-state index in [4.69, 9.17) is 0 Å². The van der Waals surface area contributed by atoms with Crippen LogP contribution in [0.1, 0.15) is 39.5 Å². The van der Waals surface area contributed by atoms with Crippen LogP contribution in [0.4, 0.5) is 0 Å². The minimum atomic E-state index is -0.0492. The van der Waals surface area contributed by atoms with E-state index >= 15 is 0 Å². The van der Waals surface area contributed by atoms with Gasteiger partial charge in [0.05, 0.1) is 6.10 Å². The number of hydrogen-bond acceptors (Lipinski definition) is 1. The van der Waals surface area contributed by atoms with Crippen LogP contribution in [0, 0.1) is 11.3 Å². The first-order valence-corrected chi connectivity index (χ1v) is 4.96. The number of rotatable bonds is 0. The standard InChI is InChI=1S/C11H18O/c1-8-5-6-11(2)9(7-8)3-4-10(11)12/h5,9-10,12H,3-4,6-7H2,1-2H3. The normalized spacial score (nSPS) is 47.1. The van der Waals surface area contributed by atoms with Crippen LogP contribution in [0.25, 0.3) is 0 Å². The Morgan fingerprint density at radius 3 is 3.00 bits per heavy atom.